The van der Waals surface area contributed by atoms with Crippen molar-refractivity contribution < 1.29 is 64.3 Å². The van der Waals surface area contributed by atoms with Crippen molar-refractivity contribution in [1.29, 1.82) is 0 Å². The molecule has 0 aromatic carbocycles. The number of rotatable bonds is 1. The van der Waals surface area contributed by atoms with Gasteiger partial charge in [-0.05, 0) is 4.78 Å². The standard InChI is InChI=1S/C3HBClF3NS.K/c5-3-9-1-2(10-3)4(6,7)8;/h1H;/q-1;+1. The Hall–Kier alpha value is 1.41. The Labute approximate surface area is 113 Å². The Balaban J connectivity index is 0.000001000. The molecular weight excluding hydrogens is 224 g/mol. The zero-order valence-corrected chi connectivity index (χ0v) is 10.2. The average Bonchev–Trinajstić information content (AvgIpc) is 2.11. The van der Waals surface area contributed by atoms with Crippen LogP contribution in [0.25, 0.3) is 0 Å². The normalized spacial score (nSPS) is 10.9. The maximum Gasteiger partial charge on any atom is 1.00 e. The van der Waals surface area contributed by atoms with Crippen LogP contribution in [0.3, 0.4) is 0 Å². The van der Waals surface area contributed by atoms with Crippen LogP contribution in [0.5, 0.6) is 0 Å². The fourth-order valence-corrected chi connectivity index (χ4v) is 1.27. The molecule has 0 radical (unpaired) electrons. The first-order valence-corrected chi connectivity index (χ1v) is 3.51. The molecule has 0 fully saturated rings. The summed E-state index contributed by atoms with van der Waals surface area (Å²) in [6, 6.07) is 0. The van der Waals surface area contributed by atoms with Crippen molar-refractivity contribution in [3.05, 3.63) is 10.7 Å². The van der Waals surface area contributed by atoms with Gasteiger partial charge in [-0.1, -0.05) is 11.6 Å². The maximum atomic E-state index is 11.8. The average molecular weight is 225 g/mol. The van der Waals surface area contributed by atoms with Gasteiger partial charge in [0.15, 0.2) is 4.47 Å². The fraction of sp³-hybridized carbons (Fsp3) is 0. The summed E-state index contributed by atoms with van der Waals surface area (Å²) in [6.07, 6.45) is 0.743. The maximum absolute atomic E-state index is 11.8. The van der Waals surface area contributed by atoms with Crippen LogP contribution in [0.15, 0.2) is 6.20 Å². The first-order valence-electron chi connectivity index (χ1n) is 2.31. The molecule has 0 amide bonds. The Kier molecular flexibility index (Phi) is 5.18. The molecule has 0 unspecified atom stereocenters. The van der Waals surface area contributed by atoms with E-state index in [1.807, 2.05) is 0 Å². The summed E-state index contributed by atoms with van der Waals surface area (Å²) >= 11 is 5.64. The fourth-order valence-electron chi connectivity index (χ4n) is 0.416. The van der Waals surface area contributed by atoms with Gasteiger partial charge in [0, 0.05) is 6.20 Å². The van der Waals surface area contributed by atoms with Gasteiger partial charge in [0.05, 0.1) is 0 Å². The molecule has 11 heavy (non-hydrogen) atoms. The molecule has 0 spiro atoms. The number of hydrogen-bond donors (Lipinski definition) is 0. The quantitative estimate of drug-likeness (QED) is 0.551. The summed E-state index contributed by atoms with van der Waals surface area (Å²) in [5, 5.41) is 0. The van der Waals surface area contributed by atoms with E-state index in [2.05, 4.69) is 4.98 Å². The topological polar surface area (TPSA) is 12.9 Å². The first kappa shape index (κ1) is 12.4. The van der Waals surface area contributed by atoms with E-state index in [-0.39, 0.29) is 55.9 Å². The van der Waals surface area contributed by atoms with Crippen molar-refractivity contribution in [1.82, 2.24) is 4.98 Å². The predicted octanol–water partition coefficient (Wildman–Crippen LogP) is -1.15. The number of thiazole rings is 1. The Morgan fingerprint density at radius 1 is 1.45 bits per heavy atom. The second-order valence-electron chi connectivity index (χ2n) is 1.59. The zero-order valence-electron chi connectivity index (χ0n) is 5.52. The molecule has 1 nitrogen and oxygen atoms in total. The smallest absolute Gasteiger partial charge is 0.444 e. The third-order valence-corrected chi connectivity index (χ3v) is 2.03. The summed E-state index contributed by atoms with van der Waals surface area (Å²) in [5.74, 6) is 0. The van der Waals surface area contributed by atoms with E-state index in [1.165, 1.54) is 0 Å². The van der Waals surface area contributed by atoms with Crippen LogP contribution in [0.4, 0.5) is 12.9 Å². The molecule has 0 saturated carbocycles. The molecule has 0 aliphatic rings. The molecule has 0 N–H and O–H groups in total. The van der Waals surface area contributed by atoms with Gasteiger partial charge in [-0.15, -0.1) is 11.3 Å². The molecule has 1 aromatic heterocycles. The van der Waals surface area contributed by atoms with Gasteiger partial charge < -0.3 is 12.9 Å². The Bertz CT molecular complexity index is 239. The Morgan fingerprint density at radius 2 is 2.00 bits per heavy atom. The van der Waals surface area contributed by atoms with Gasteiger partial charge in [-0.3, -0.25) is 0 Å². The molecule has 8 heteroatoms. The number of halogens is 4. The molecule has 0 aliphatic heterocycles. The minimum atomic E-state index is -4.91. The number of aromatic nitrogens is 1. The van der Waals surface area contributed by atoms with Crippen LogP contribution in [0.2, 0.25) is 4.47 Å². The molecule has 56 valence electrons. The SMILES string of the molecule is F[B-](F)(F)c1cnc(Cl)s1.[K+]. The third-order valence-electron chi connectivity index (χ3n) is 0.818. The van der Waals surface area contributed by atoms with E-state index < -0.39 is 11.8 Å². The van der Waals surface area contributed by atoms with E-state index in [4.69, 9.17) is 11.6 Å². The van der Waals surface area contributed by atoms with Crippen LogP contribution in [-0.2, 0) is 0 Å². The van der Waals surface area contributed by atoms with E-state index in [0.717, 1.165) is 6.20 Å². The monoisotopic (exact) mass is 225 g/mol. The largest absolute Gasteiger partial charge is 1.00 e. The van der Waals surface area contributed by atoms with Crippen molar-refractivity contribution >= 4 is 34.7 Å². The van der Waals surface area contributed by atoms with E-state index in [9.17, 15) is 12.9 Å². The number of nitrogens with zero attached hydrogens (tertiary/aromatic N) is 1. The molecular formula is C3HBClF3KNS. The van der Waals surface area contributed by atoms with Crippen molar-refractivity contribution in [3.63, 3.8) is 0 Å². The van der Waals surface area contributed by atoms with Gasteiger partial charge in [0.25, 0.3) is 0 Å². The van der Waals surface area contributed by atoms with E-state index >= 15 is 0 Å². The van der Waals surface area contributed by atoms with Crippen LogP contribution < -0.4 is 56.2 Å². The van der Waals surface area contributed by atoms with Gasteiger partial charge in [0.1, 0.15) is 0 Å². The van der Waals surface area contributed by atoms with Crippen molar-refractivity contribution in [3.8, 4) is 0 Å². The molecule has 0 bridgehead atoms. The van der Waals surface area contributed by atoms with Crippen molar-refractivity contribution in [2.24, 2.45) is 0 Å². The summed E-state index contributed by atoms with van der Waals surface area (Å²) < 4.78 is 34.5. The van der Waals surface area contributed by atoms with Gasteiger partial charge in [0.2, 0.25) is 0 Å². The van der Waals surface area contributed by atoms with Crippen molar-refractivity contribution in [2.45, 2.75) is 0 Å². The van der Waals surface area contributed by atoms with Crippen LogP contribution >= 0.6 is 22.9 Å². The Morgan fingerprint density at radius 3 is 2.18 bits per heavy atom. The molecule has 0 saturated heterocycles. The second-order valence-corrected chi connectivity index (χ2v) is 3.23. The van der Waals surface area contributed by atoms with Gasteiger partial charge in [-0.25, -0.2) is 4.98 Å². The van der Waals surface area contributed by atoms with E-state index in [1.54, 1.807) is 0 Å². The summed E-state index contributed by atoms with van der Waals surface area (Å²) in [4.78, 5) is 3.26. The second kappa shape index (κ2) is 4.59. The minimum Gasteiger partial charge on any atom is -0.444 e. The van der Waals surface area contributed by atoms with Gasteiger partial charge >= 0.3 is 58.4 Å². The van der Waals surface area contributed by atoms with Crippen molar-refractivity contribution in [2.75, 3.05) is 0 Å². The number of hydrogen-bond acceptors (Lipinski definition) is 2. The molecule has 1 aromatic rings. The van der Waals surface area contributed by atoms with Crippen LogP contribution in [-0.4, -0.2) is 12.0 Å². The van der Waals surface area contributed by atoms with Crippen LogP contribution in [0, 0.1) is 0 Å². The minimum absolute atomic E-state index is 0. The molecule has 0 aliphatic carbocycles. The molecule has 1 rings (SSSR count). The van der Waals surface area contributed by atoms with Gasteiger partial charge in [-0.2, -0.15) is 0 Å². The predicted molar refractivity (Wildman–Crippen MR) is 35.8 cm³/mol. The van der Waals surface area contributed by atoms with E-state index in [0.29, 0.717) is 11.3 Å². The summed E-state index contributed by atoms with van der Waals surface area (Å²) in [5.41, 5.74) is 0. The molecule has 0 atom stereocenters. The third kappa shape index (κ3) is 3.75. The molecule has 1 heterocycles. The zero-order chi connectivity index (χ0) is 7.78. The first-order chi connectivity index (χ1) is 4.50. The summed E-state index contributed by atoms with van der Waals surface area (Å²) in [6.45, 7) is -4.91. The summed E-state index contributed by atoms with van der Waals surface area (Å²) in [7, 11) is 0. The van der Waals surface area contributed by atoms with Crippen LogP contribution in [0.1, 0.15) is 0 Å².